The average molecular weight is 629 g/mol. The predicted octanol–water partition coefficient (Wildman–Crippen LogP) is 6.73. The van der Waals surface area contributed by atoms with Crippen molar-refractivity contribution < 1.29 is 49.8 Å². The quantitative estimate of drug-likeness (QED) is 0.234. The third kappa shape index (κ3) is 6.37. The van der Waals surface area contributed by atoms with Crippen LogP contribution in [0.15, 0.2) is 66.1 Å². The Kier molecular flexibility index (Phi) is 8.73. The Morgan fingerprint density at radius 3 is 2.27 bits per heavy atom. The molecular formula is C29H24F8N4O3. The zero-order valence-electron chi connectivity index (χ0n) is 23.2. The van der Waals surface area contributed by atoms with Crippen molar-refractivity contribution in [2.75, 3.05) is 12.4 Å². The van der Waals surface area contributed by atoms with Gasteiger partial charge in [-0.25, -0.2) is 13.8 Å². The molecule has 2 aromatic carbocycles. The largest absolute Gasteiger partial charge is 0.510 e. The van der Waals surface area contributed by atoms with E-state index in [2.05, 4.69) is 10.3 Å². The minimum atomic E-state index is -4.86. The number of rotatable bonds is 6. The molecule has 1 aliphatic heterocycles. The van der Waals surface area contributed by atoms with E-state index in [1.165, 1.54) is 24.2 Å². The SMILES string of the molecule is CC(C)[C@H]1C(O)=C(C(=O)Nc2ccc(C(F)(F)F)cc2-c2ccc(C(F)(F)F)nc2)C(=O)N(Cc2cccc(F)c2F)N1C. The van der Waals surface area contributed by atoms with Crippen LogP contribution >= 0.6 is 0 Å². The van der Waals surface area contributed by atoms with Gasteiger partial charge in [0, 0.05) is 35.6 Å². The Bertz CT molecular complexity index is 1620. The summed E-state index contributed by atoms with van der Waals surface area (Å²) in [7, 11) is 1.39. The van der Waals surface area contributed by atoms with Gasteiger partial charge in [0.05, 0.1) is 18.2 Å². The Labute approximate surface area is 245 Å². The Morgan fingerprint density at radius 2 is 1.70 bits per heavy atom. The number of halogens is 8. The Balaban J connectivity index is 1.77. The maximum absolute atomic E-state index is 14.5. The van der Waals surface area contributed by atoms with Crippen LogP contribution in [0, 0.1) is 17.6 Å². The smallest absolute Gasteiger partial charge is 0.433 e. The molecule has 1 atom stereocenters. The van der Waals surface area contributed by atoms with Crippen molar-refractivity contribution in [2.24, 2.45) is 5.92 Å². The van der Waals surface area contributed by atoms with E-state index in [4.69, 9.17) is 0 Å². The van der Waals surface area contributed by atoms with Gasteiger partial charge in [0.1, 0.15) is 17.0 Å². The molecule has 0 bridgehead atoms. The molecular weight excluding hydrogens is 604 g/mol. The first-order valence-corrected chi connectivity index (χ1v) is 12.9. The summed E-state index contributed by atoms with van der Waals surface area (Å²) in [6.07, 6.45) is -9.01. The number of likely N-dealkylation sites (N-methyl/N-ethyl adjacent to an activating group) is 1. The Hall–Kier alpha value is -4.53. The molecule has 2 amide bonds. The summed E-state index contributed by atoms with van der Waals surface area (Å²) < 4.78 is 108. The first kappa shape index (κ1) is 32.4. The van der Waals surface area contributed by atoms with Gasteiger partial charge < -0.3 is 10.4 Å². The molecule has 2 heterocycles. The fourth-order valence-corrected chi connectivity index (χ4v) is 4.81. The topological polar surface area (TPSA) is 85.8 Å². The van der Waals surface area contributed by atoms with Crippen molar-refractivity contribution in [3.63, 3.8) is 0 Å². The van der Waals surface area contributed by atoms with Crippen LogP contribution in [0.25, 0.3) is 11.1 Å². The number of hydrogen-bond acceptors (Lipinski definition) is 5. The molecule has 0 saturated heterocycles. The molecule has 0 unspecified atom stereocenters. The highest BCUT2D eigenvalue weighted by Gasteiger charge is 2.43. The lowest BCUT2D eigenvalue weighted by atomic mass is 9.95. The summed E-state index contributed by atoms with van der Waals surface area (Å²) in [6.45, 7) is 2.75. The van der Waals surface area contributed by atoms with Crippen LogP contribution in [-0.2, 0) is 28.5 Å². The predicted molar refractivity (Wildman–Crippen MR) is 141 cm³/mol. The molecule has 3 aromatic rings. The number of carbonyl (C=O) groups excluding carboxylic acids is 2. The average Bonchev–Trinajstić information content (AvgIpc) is 2.92. The molecule has 0 spiro atoms. The van der Waals surface area contributed by atoms with Gasteiger partial charge in [-0.1, -0.05) is 32.0 Å². The van der Waals surface area contributed by atoms with Crippen molar-refractivity contribution in [3.8, 4) is 11.1 Å². The minimum Gasteiger partial charge on any atom is -0.510 e. The summed E-state index contributed by atoms with van der Waals surface area (Å²) in [5.41, 5.74) is -4.51. The molecule has 0 fully saturated rings. The maximum Gasteiger partial charge on any atom is 0.433 e. The normalized spacial score (nSPS) is 16.6. The van der Waals surface area contributed by atoms with E-state index in [1.807, 2.05) is 0 Å². The van der Waals surface area contributed by atoms with Crippen molar-refractivity contribution in [1.29, 1.82) is 0 Å². The second kappa shape index (κ2) is 11.9. The summed E-state index contributed by atoms with van der Waals surface area (Å²) in [5.74, 6) is -5.95. The number of alkyl halides is 6. The first-order chi connectivity index (χ1) is 20.4. The number of aliphatic hydroxyl groups is 1. The molecule has 0 saturated carbocycles. The number of aromatic nitrogens is 1. The van der Waals surface area contributed by atoms with Gasteiger partial charge in [-0.15, -0.1) is 0 Å². The van der Waals surface area contributed by atoms with Crippen LogP contribution in [0.5, 0.6) is 0 Å². The third-order valence-electron chi connectivity index (χ3n) is 6.94. The number of benzene rings is 2. The van der Waals surface area contributed by atoms with Crippen molar-refractivity contribution in [2.45, 2.75) is 38.8 Å². The van der Waals surface area contributed by atoms with Gasteiger partial charge >= 0.3 is 12.4 Å². The number of carbonyl (C=O) groups is 2. The number of hydrogen-bond donors (Lipinski definition) is 2. The van der Waals surface area contributed by atoms with Gasteiger partial charge in [0.15, 0.2) is 11.6 Å². The third-order valence-corrected chi connectivity index (χ3v) is 6.94. The number of pyridine rings is 1. The molecule has 234 valence electrons. The molecule has 0 radical (unpaired) electrons. The molecule has 0 aliphatic carbocycles. The monoisotopic (exact) mass is 628 g/mol. The zero-order chi connectivity index (χ0) is 32.7. The van der Waals surface area contributed by atoms with Gasteiger partial charge in [0.2, 0.25) is 0 Å². The van der Waals surface area contributed by atoms with Crippen LogP contribution in [0.1, 0.15) is 30.7 Å². The zero-order valence-corrected chi connectivity index (χ0v) is 23.2. The van der Waals surface area contributed by atoms with Gasteiger partial charge in [-0.3, -0.25) is 19.6 Å². The highest BCUT2D eigenvalue weighted by molar-refractivity contribution is 6.24. The summed E-state index contributed by atoms with van der Waals surface area (Å²) in [5, 5.41) is 15.5. The second-order valence-electron chi connectivity index (χ2n) is 10.2. The van der Waals surface area contributed by atoms with Crippen LogP contribution in [-0.4, -0.2) is 45.0 Å². The Morgan fingerprint density at radius 1 is 1.02 bits per heavy atom. The number of aliphatic hydroxyl groups excluding tert-OH is 1. The van der Waals surface area contributed by atoms with Gasteiger partial charge in [-0.2, -0.15) is 26.3 Å². The molecule has 7 nitrogen and oxygen atoms in total. The lowest BCUT2D eigenvalue weighted by Gasteiger charge is -2.43. The standard InChI is InChI=1S/C29H24F8N4O3/c1-14(2)24-25(42)22(27(44)41(40(24)3)13-16-5-4-6-19(30)23(16)31)26(43)39-20-9-8-17(28(32,33)34)11-18(20)15-7-10-21(38-12-15)29(35,36)37/h4-12,14,24,42H,13H2,1-3H3,(H,39,43)/t24-/m0/s1. The molecule has 44 heavy (non-hydrogen) atoms. The fourth-order valence-electron chi connectivity index (χ4n) is 4.81. The van der Waals surface area contributed by atoms with E-state index in [0.29, 0.717) is 24.4 Å². The number of anilines is 1. The summed E-state index contributed by atoms with van der Waals surface area (Å²) in [4.78, 5) is 30.3. The van der Waals surface area contributed by atoms with Gasteiger partial charge in [0.25, 0.3) is 11.8 Å². The van der Waals surface area contributed by atoms with Gasteiger partial charge in [-0.05, 0) is 36.2 Å². The van der Waals surface area contributed by atoms with Crippen molar-refractivity contribution >= 4 is 17.5 Å². The van der Waals surface area contributed by atoms with E-state index in [9.17, 15) is 49.8 Å². The van der Waals surface area contributed by atoms with Crippen LogP contribution in [0.4, 0.5) is 40.8 Å². The number of amides is 2. The van der Waals surface area contributed by atoms with E-state index in [-0.39, 0.29) is 22.4 Å². The van der Waals surface area contributed by atoms with E-state index in [0.717, 1.165) is 23.2 Å². The molecule has 1 aliphatic rings. The number of nitrogens with zero attached hydrogens (tertiary/aromatic N) is 3. The molecule has 15 heteroatoms. The number of nitrogens with one attached hydrogen (secondary N) is 1. The molecule has 2 N–H and O–H groups in total. The van der Waals surface area contributed by atoms with E-state index >= 15 is 0 Å². The van der Waals surface area contributed by atoms with Crippen LogP contribution in [0.3, 0.4) is 0 Å². The lowest BCUT2D eigenvalue weighted by molar-refractivity contribution is -0.155. The second-order valence-corrected chi connectivity index (χ2v) is 10.2. The number of hydrazine groups is 1. The van der Waals surface area contributed by atoms with Crippen molar-refractivity contribution in [1.82, 2.24) is 15.0 Å². The highest BCUT2D eigenvalue weighted by Crippen LogP contribution is 2.38. The first-order valence-electron chi connectivity index (χ1n) is 12.9. The van der Waals surface area contributed by atoms with Crippen LogP contribution in [0.2, 0.25) is 0 Å². The summed E-state index contributed by atoms with van der Waals surface area (Å²) >= 11 is 0. The molecule has 4 rings (SSSR count). The maximum atomic E-state index is 14.5. The van der Waals surface area contributed by atoms with Crippen LogP contribution < -0.4 is 5.32 Å². The molecule has 1 aromatic heterocycles. The van der Waals surface area contributed by atoms with E-state index < -0.39 is 76.9 Å². The summed E-state index contributed by atoms with van der Waals surface area (Å²) in [6, 6.07) is 5.73. The lowest BCUT2D eigenvalue weighted by Crippen LogP contribution is -2.57. The fraction of sp³-hybridized carbons (Fsp3) is 0.276. The van der Waals surface area contributed by atoms with E-state index in [1.54, 1.807) is 13.8 Å². The van der Waals surface area contributed by atoms with Crippen molar-refractivity contribution in [3.05, 3.63) is 94.5 Å². The minimum absolute atomic E-state index is 0.226. The highest BCUT2D eigenvalue weighted by atomic mass is 19.4.